The summed E-state index contributed by atoms with van der Waals surface area (Å²) in [7, 11) is 0. The Bertz CT molecular complexity index is 998. The van der Waals surface area contributed by atoms with Gasteiger partial charge in [0.1, 0.15) is 11.2 Å². The molecular formula is C21H28ClN7O2. The van der Waals surface area contributed by atoms with Gasteiger partial charge in [0.2, 0.25) is 11.9 Å². The lowest BCUT2D eigenvalue weighted by molar-refractivity contribution is -0.125. The van der Waals surface area contributed by atoms with Crippen molar-refractivity contribution in [2.45, 2.75) is 45.6 Å². The lowest BCUT2D eigenvalue weighted by Crippen LogP contribution is -2.37. The molecule has 10 heteroatoms. The molecule has 3 heterocycles. The molecule has 2 atom stereocenters. The minimum atomic E-state index is -0.926. The number of nitrogens with one attached hydrogen (secondary N) is 1. The van der Waals surface area contributed by atoms with Crippen LogP contribution in [0.15, 0.2) is 24.7 Å². The van der Waals surface area contributed by atoms with Gasteiger partial charge in [-0.2, -0.15) is 15.3 Å². The molecule has 9 nitrogen and oxygen atoms in total. The zero-order valence-corrected chi connectivity index (χ0v) is 18.8. The predicted octanol–water partition coefficient (Wildman–Crippen LogP) is 2.86. The van der Waals surface area contributed by atoms with Crippen LogP contribution in [0.25, 0.3) is 0 Å². The van der Waals surface area contributed by atoms with Crippen LogP contribution in [0.2, 0.25) is 0 Å². The van der Waals surface area contributed by atoms with Gasteiger partial charge in [-0.1, -0.05) is 6.92 Å². The Morgan fingerprint density at radius 3 is 2.77 bits per heavy atom. The molecule has 31 heavy (non-hydrogen) atoms. The van der Waals surface area contributed by atoms with Crippen LogP contribution >= 0.6 is 12.4 Å². The Morgan fingerprint density at radius 2 is 2.16 bits per heavy atom. The summed E-state index contributed by atoms with van der Waals surface area (Å²) in [6.45, 7) is 6.25. The van der Waals surface area contributed by atoms with Crippen LogP contribution in [0.1, 0.15) is 40.0 Å². The Morgan fingerprint density at radius 1 is 1.42 bits per heavy atom. The SMILES string of the molecule is CC[C@@H]1CN(c2ccnc(Nc3cnn(C(C)(C)CO)c3)n2)C(=O)[C@]1(C#N)C1CC1.Cl. The zero-order chi connectivity index (χ0) is 21.5. The molecule has 0 unspecified atom stereocenters. The van der Waals surface area contributed by atoms with E-state index in [0.29, 0.717) is 24.0 Å². The van der Waals surface area contributed by atoms with Gasteiger partial charge in [0.15, 0.2) is 0 Å². The summed E-state index contributed by atoms with van der Waals surface area (Å²) >= 11 is 0. The molecule has 2 aromatic rings. The molecule has 2 aliphatic rings. The van der Waals surface area contributed by atoms with E-state index in [0.717, 1.165) is 19.3 Å². The average Bonchev–Trinajstić information content (AvgIpc) is 3.41. The molecule has 0 bridgehead atoms. The Balaban J connectivity index is 0.00000272. The molecule has 4 rings (SSSR count). The highest BCUT2D eigenvalue weighted by molar-refractivity contribution is 6.02. The normalized spacial score (nSPS) is 23.4. The first-order valence-corrected chi connectivity index (χ1v) is 10.3. The number of nitrogens with zero attached hydrogens (tertiary/aromatic N) is 6. The number of halogens is 1. The van der Waals surface area contributed by atoms with Gasteiger partial charge in [0.05, 0.1) is 30.1 Å². The third-order valence-corrected chi connectivity index (χ3v) is 6.31. The van der Waals surface area contributed by atoms with Gasteiger partial charge in [-0.25, -0.2) is 4.98 Å². The molecule has 1 amide bonds. The van der Waals surface area contributed by atoms with Crippen molar-refractivity contribution in [1.29, 1.82) is 5.26 Å². The number of rotatable bonds is 7. The van der Waals surface area contributed by atoms with E-state index < -0.39 is 11.0 Å². The molecule has 0 aromatic carbocycles. The van der Waals surface area contributed by atoms with Crippen molar-refractivity contribution in [1.82, 2.24) is 19.7 Å². The fourth-order valence-corrected chi connectivity index (χ4v) is 4.25. The van der Waals surface area contributed by atoms with E-state index in [1.54, 1.807) is 34.2 Å². The van der Waals surface area contributed by atoms with Crippen molar-refractivity contribution in [3.8, 4) is 6.07 Å². The first-order valence-electron chi connectivity index (χ1n) is 10.3. The van der Waals surface area contributed by atoms with Gasteiger partial charge in [-0.15, -0.1) is 12.4 Å². The standard InChI is InChI=1S/C21H27N7O2.ClH/c1-4-14-10-27(18(30)21(14,12-22)15-5-6-15)17-7-8-23-19(26-17)25-16-9-24-28(11-16)20(2,3)13-29;/h7-9,11,14-15,29H,4-6,10,13H2,1-3H3,(H,23,25,26);1H/t14-,21+;/m1./s1. The van der Waals surface area contributed by atoms with Crippen molar-refractivity contribution in [3.63, 3.8) is 0 Å². The predicted molar refractivity (Wildman–Crippen MR) is 118 cm³/mol. The molecule has 1 aliphatic heterocycles. The Hall–Kier alpha value is -2.70. The number of hydrogen-bond acceptors (Lipinski definition) is 7. The number of carbonyl (C=O) groups is 1. The van der Waals surface area contributed by atoms with Gasteiger partial charge in [-0.3, -0.25) is 14.4 Å². The summed E-state index contributed by atoms with van der Waals surface area (Å²) in [5, 5.41) is 26.8. The summed E-state index contributed by atoms with van der Waals surface area (Å²) in [4.78, 5) is 23.7. The summed E-state index contributed by atoms with van der Waals surface area (Å²) in [5.41, 5.74) is -0.773. The maximum Gasteiger partial charge on any atom is 0.249 e. The zero-order valence-electron chi connectivity index (χ0n) is 17.9. The van der Waals surface area contributed by atoms with E-state index in [9.17, 15) is 15.2 Å². The van der Waals surface area contributed by atoms with E-state index in [1.165, 1.54) is 0 Å². The second kappa shape index (κ2) is 8.44. The Labute approximate surface area is 187 Å². The van der Waals surface area contributed by atoms with Crippen LogP contribution in [-0.4, -0.2) is 43.9 Å². The van der Waals surface area contributed by atoms with E-state index in [4.69, 9.17) is 0 Å². The monoisotopic (exact) mass is 445 g/mol. The van der Waals surface area contributed by atoms with E-state index >= 15 is 0 Å². The summed E-state index contributed by atoms with van der Waals surface area (Å²) < 4.78 is 1.67. The fourth-order valence-electron chi connectivity index (χ4n) is 4.25. The van der Waals surface area contributed by atoms with Crippen molar-refractivity contribution in [3.05, 3.63) is 24.7 Å². The highest BCUT2D eigenvalue weighted by Crippen LogP contribution is 2.55. The van der Waals surface area contributed by atoms with E-state index in [1.807, 2.05) is 20.8 Å². The van der Waals surface area contributed by atoms with Crippen LogP contribution in [0, 0.1) is 28.6 Å². The highest BCUT2D eigenvalue weighted by atomic mass is 35.5. The van der Waals surface area contributed by atoms with Crippen molar-refractivity contribution >= 4 is 35.8 Å². The minimum Gasteiger partial charge on any atom is -0.394 e. The highest BCUT2D eigenvalue weighted by Gasteiger charge is 2.61. The smallest absolute Gasteiger partial charge is 0.249 e. The van der Waals surface area contributed by atoms with Gasteiger partial charge < -0.3 is 10.4 Å². The first kappa shape index (κ1) is 23.0. The fraction of sp³-hybridized carbons (Fsp3) is 0.571. The van der Waals surface area contributed by atoms with Crippen LogP contribution in [-0.2, 0) is 10.3 Å². The lowest BCUT2D eigenvalue weighted by atomic mass is 9.73. The largest absolute Gasteiger partial charge is 0.394 e. The van der Waals surface area contributed by atoms with Gasteiger partial charge in [0.25, 0.3) is 0 Å². The Kier molecular flexibility index (Phi) is 6.25. The summed E-state index contributed by atoms with van der Waals surface area (Å²) in [6, 6.07) is 4.09. The number of aromatic nitrogens is 4. The van der Waals surface area contributed by atoms with Crippen molar-refractivity contribution in [2.75, 3.05) is 23.4 Å². The number of hydrogen-bond donors (Lipinski definition) is 2. The number of anilines is 3. The molecule has 2 aromatic heterocycles. The molecular weight excluding hydrogens is 418 g/mol. The molecule has 0 radical (unpaired) electrons. The van der Waals surface area contributed by atoms with Crippen LogP contribution in [0.5, 0.6) is 0 Å². The van der Waals surface area contributed by atoms with E-state index in [-0.39, 0.29) is 36.8 Å². The van der Waals surface area contributed by atoms with Crippen molar-refractivity contribution in [2.24, 2.45) is 17.3 Å². The van der Waals surface area contributed by atoms with Gasteiger partial charge >= 0.3 is 0 Å². The molecule has 2 N–H and O–H groups in total. The summed E-state index contributed by atoms with van der Waals surface area (Å²) in [5.74, 6) is 0.867. The van der Waals surface area contributed by atoms with Crippen LogP contribution in [0.3, 0.4) is 0 Å². The average molecular weight is 446 g/mol. The van der Waals surface area contributed by atoms with E-state index in [2.05, 4.69) is 26.5 Å². The molecule has 2 fully saturated rings. The molecule has 1 saturated heterocycles. The topological polar surface area (TPSA) is 120 Å². The second-order valence-corrected chi connectivity index (χ2v) is 8.78. The maximum absolute atomic E-state index is 13.3. The lowest BCUT2D eigenvalue weighted by Gasteiger charge is -2.24. The second-order valence-electron chi connectivity index (χ2n) is 8.78. The minimum absolute atomic E-state index is 0. The third-order valence-electron chi connectivity index (χ3n) is 6.31. The van der Waals surface area contributed by atoms with Gasteiger partial charge in [0, 0.05) is 24.9 Å². The van der Waals surface area contributed by atoms with Crippen molar-refractivity contribution < 1.29 is 9.90 Å². The number of aliphatic hydroxyl groups excluding tert-OH is 1. The van der Waals surface area contributed by atoms with Crippen LogP contribution in [0.4, 0.5) is 17.5 Å². The first-order chi connectivity index (χ1) is 14.4. The quantitative estimate of drug-likeness (QED) is 0.672. The number of nitriles is 1. The summed E-state index contributed by atoms with van der Waals surface area (Å²) in [6.07, 6.45) is 7.67. The number of aliphatic hydroxyl groups is 1. The molecule has 166 valence electrons. The maximum atomic E-state index is 13.3. The van der Waals surface area contributed by atoms with Gasteiger partial charge in [-0.05, 0) is 45.1 Å². The number of amides is 1. The number of carbonyl (C=O) groups excluding carboxylic acids is 1. The molecule has 1 saturated carbocycles. The molecule has 0 spiro atoms. The third kappa shape index (κ3) is 3.86. The van der Waals surface area contributed by atoms with Crippen LogP contribution < -0.4 is 10.2 Å². The molecule has 1 aliphatic carbocycles.